The highest BCUT2D eigenvalue weighted by atomic mass is 32.2. The van der Waals surface area contributed by atoms with E-state index in [1.54, 1.807) is 0 Å². The Labute approximate surface area is 156 Å². The van der Waals surface area contributed by atoms with Crippen molar-refractivity contribution in [2.45, 2.75) is 25.3 Å². The number of amides is 2. The van der Waals surface area contributed by atoms with Crippen molar-refractivity contribution in [2.75, 3.05) is 16.8 Å². The van der Waals surface area contributed by atoms with E-state index in [0.717, 1.165) is 10.9 Å². The molecule has 27 heavy (non-hydrogen) atoms. The Bertz CT molecular complexity index is 1070. The molecule has 0 unspecified atom stereocenters. The lowest BCUT2D eigenvalue weighted by atomic mass is 10.1. The second kappa shape index (κ2) is 6.49. The molecule has 4 rings (SSSR count). The average molecular weight is 388 g/mol. The van der Waals surface area contributed by atoms with Crippen LogP contribution in [-0.2, 0) is 26.5 Å². The summed E-state index contributed by atoms with van der Waals surface area (Å²) >= 11 is 0. The normalized spacial score (nSPS) is 22.1. The molecule has 1 saturated heterocycles. The molecule has 142 valence electrons. The Morgan fingerprint density at radius 3 is 2.81 bits per heavy atom. The molecule has 0 spiro atoms. The number of benzene rings is 1. The molecule has 2 amide bonds. The van der Waals surface area contributed by atoms with Crippen LogP contribution in [0.2, 0.25) is 0 Å². The van der Waals surface area contributed by atoms with Crippen molar-refractivity contribution in [3.63, 3.8) is 0 Å². The second-order valence-electron chi connectivity index (χ2n) is 6.96. The summed E-state index contributed by atoms with van der Waals surface area (Å²) < 4.78 is 25.4. The molecule has 1 aromatic carbocycles. The van der Waals surface area contributed by atoms with Crippen LogP contribution in [0, 0.1) is 0 Å². The van der Waals surface area contributed by atoms with Gasteiger partial charge < -0.3 is 9.88 Å². The topological polar surface area (TPSA) is 101 Å². The molecule has 9 heteroatoms. The number of carbonyl (C=O) groups is 2. The van der Waals surface area contributed by atoms with Gasteiger partial charge in [-0.25, -0.2) is 13.4 Å². The van der Waals surface area contributed by atoms with Crippen LogP contribution < -0.4 is 5.32 Å². The molecule has 3 heterocycles. The summed E-state index contributed by atoms with van der Waals surface area (Å²) in [7, 11) is -1.21. The Kier molecular flexibility index (Phi) is 4.26. The molecule has 2 aromatic rings. The fourth-order valence-electron chi connectivity index (χ4n) is 3.59. The number of sulfone groups is 1. The number of anilines is 1. The van der Waals surface area contributed by atoms with Gasteiger partial charge in [0.05, 0.1) is 23.2 Å². The fraction of sp³-hybridized carbons (Fsp3) is 0.389. The van der Waals surface area contributed by atoms with Crippen molar-refractivity contribution >= 4 is 44.0 Å². The molecule has 0 aliphatic carbocycles. The predicted octanol–water partition coefficient (Wildman–Crippen LogP) is 1.28. The zero-order chi connectivity index (χ0) is 19.2. The Hall–Kier alpha value is -2.68. The van der Waals surface area contributed by atoms with Crippen LogP contribution in [0.5, 0.6) is 0 Å². The van der Waals surface area contributed by atoms with Gasteiger partial charge in [0.1, 0.15) is 5.71 Å². The van der Waals surface area contributed by atoms with Gasteiger partial charge in [-0.2, -0.15) is 5.10 Å². The third-order valence-electron chi connectivity index (χ3n) is 5.05. The molecular weight excluding hydrogens is 368 g/mol. The van der Waals surface area contributed by atoms with E-state index in [-0.39, 0.29) is 41.9 Å². The van der Waals surface area contributed by atoms with Crippen LogP contribution >= 0.6 is 0 Å². The molecule has 0 saturated carbocycles. The van der Waals surface area contributed by atoms with E-state index >= 15 is 0 Å². The number of fused-ring (bicyclic) bond motifs is 1. The van der Waals surface area contributed by atoms with Gasteiger partial charge in [0.2, 0.25) is 5.91 Å². The van der Waals surface area contributed by atoms with E-state index in [1.165, 1.54) is 5.01 Å². The number of aromatic nitrogens is 1. The summed E-state index contributed by atoms with van der Waals surface area (Å²) in [5, 5.41) is 9.20. The molecule has 1 N–H and O–H groups in total. The van der Waals surface area contributed by atoms with Gasteiger partial charge in [-0.1, -0.05) is 6.07 Å². The van der Waals surface area contributed by atoms with E-state index < -0.39 is 15.9 Å². The number of nitrogens with one attached hydrogen (secondary N) is 1. The lowest BCUT2D eigenvalue weighted by Crippen LogP contribution is -2.42. The number of hydrogen-bond acceptors (Lipinski definition) is 5. The van der Waals surface area contributed by atoms with E-state index in [0.29, 0.717) is 12.1 Å². The van der Waals surface area contributed by atoms with Crippen LogP contribution in [0.25, 0.3) is 10.9 Å². The lowest BCUT2D eigenvalue weighted by Gasteiger charge is -2.27. The summed E-state index contributed by atoms with van der Waals surface area (Å²) in [6, 6.07) is 7.08. The molecule has 0 bridgehead atoms. The van der Waals surface area contributed by atoms with Gasteiger partial charge in [-0.15, -0.1) is 0 Å². The molecule has 1 aromatic heterocycles. The maximum Gasteiger partial charge on any atom is 0.271 e. The number of carbonyl (C=O) groups excluding carboxylic acids is 2. The Morgan fingerprint density at radius 1 is 1.26 bits per heavy atom. The highest BCUT2D eigenvalue weighted by Gasteiger charge is 2.37. The van der Waals surface area contributed by atoms with Crippen LogP contribution in [0.3, 0.4) is 0 Å². The maximum atomic E-state index is 12.7. The average Bonchev–Trinajstić information content (AvgIpc) is 3.18. The number of nitrogens with zero attached hydrogens (tertiary/aromatic N) is 3. The van der Waals surface area contributed by atoms with Crippen molar-refractivity contribution in [3.8, 4) is 0 Å². The SMILES string of the molecule is Cn1ccc2c(NC(=O)C3=NN([C@@H]4CCS(=O)(=O)C4)C(=O)CC3)cccc21. The van der Waals surface area contributed by atoms with Crippen molar-refractivity contribution in [1.29, 1.82) is 0 Å². The van der Waals surface area contributed by atoms with E-state index in [1.807, 2.05) is 42.1 Å². The molecule has 8 nitrogen and oxygen atoms in total. The minimum atomic E-state index is -3.14. The smallest absolute Gasteiger partial charge is 0.271 e. The molecule has 0 radical (unpaired) electrons. The summed E-state index contributed by atoms with van der Waals surface area (Å²) in [6.45, 7) is 0. The zero-order valence-corrected chi connectivity index (χ0v) is 15.7. The third kappa shape index (κ3) is 3.34. The van der Waals surface area contributed by atoms with Crippen molar-refractivity contribution < 1.29 is 18.0 Å². The van der Waals surface area contributed by atoms with Gasteiger partial charge in [0.25, 0.3) is 5.91 Å². The molecule has 2 aliphatic heterocycles. The van der Waals surface area contributed by atoms with Gasteiger partial charge in [-0.3, -0.25) is 9.59 Å². The quantitative estimate of drug-likeness (QED) is 0.856. The highest BCUT2D eigenvalue weighted by molar-refractivity contribution is 7.91. The van der Waals surface area contributed by atoms with Gasteiger partial charge in [-0.05, 0) is 24.6 Å². The van der Waals surface area contributed by atoms with Crippen LogP contribution in [0.15, 0.2) is 35.6 Å². The molecule has 1 fully saturated rings. The predicted molar refractivity (Wildman–Crippen MR) is 102 cm³/mol. The lowest BCUT2D eigenvalue weighted by molar-refractivity contribution is -0.133. The number of aryl methyl sites for hydroxylation is 1. The Morgan fingerprint density at radius 2 is 2.07 bits per heavy atom. The monoisotopic (exact) mass is 388 g/mol. The van der Waals surface area contributed by atoms with E-state index in [9.17, 15) is 18.0 Å². The van der Waals surface area contributed by atoms with E-state index in [2.05, 4.69) is 10.4 Å². The standard InChI is InChI=1S/C18H20N4O4S/c1-21-9-7-13-14(3-2-4-16(13)21)19-18(24)15-5-6-17(23)22(20-15)12-8-10-27(25,26)11-12/h2-4,7,9,12H,5-6,8,10-11H2,1H3,(H,19,24)/t12-/m1/s1. The number of hydrogen-bond donors (Lipinski definition) is 1. The second-order valence-corrected chi connectivity index (χ2v) is 9.19. The summed E-state index contributed by atoms with van der Waals surface area (Å²) in [6.07, 6.45) is 2.67. The third-order valence-corrected chi connectivity index (χ3v) is 6.80. The van der Waals surface area contributed by atoms with Gasteiger partial charge >= 0.3 is 0 Å². The van der Waals surface area contributed by atoms with Crippen molar-refractivity contribution in [1.82, 2.24) is 9.58 Å². The van der Waals surface area contributed by atoms with Gasteiger partial charge in [0.15, 0.2) is 9.84 Å². The molecular formula is C18H20N4O4S. The largest absolute Gasteiger partial charge is 0.350 e. The van der Waals surface area contributed by atoms with Crippen LogP contribution in [0.1, 0.15) is 19.3 Å². The molecule has 2 aliphatic rings. The highest BCUT2D eigenvalue weighted by Crippen LogP contribution is 2.25. The van der Waals surface area contributed by atoms with Crippen molar-refractivity contribution in [3.05, 3.63) is 30.5 Å². The first-order valence-electron chi connectivity index (χ1n) is 8.79. The minimum absolute atomic E-state index is 0.0501. The summed E-state index contributed by atoms with van der Waals surface area (Å²) in [4.78, 5) is 24.9. The molecule has 1 atom stereocenters. The maximum absolute atomic E-state index is 12.7. The van der Waals surface area contributed by atoms with Crippen molar-refractivity contribution in [2.24, 2.45) is 12.1 Å². The van der Waals surface area contributed by atoms with E-state index in [4.69, 9.17) is 0 Å². The Balaban J connectivity index is 1.57. The number of rotatable bonds is 3. The minimum Gasteiger partial charge on any atom is -0.350 e. The number of hydrazone groups is 1. The van der Waals surface area contributed by atoms with Crippen LogP contribution in [-0.4, -0.2) is 53.1 Å². The summed E-state index contributed by atoms with van der Waals surface area (Å²) in [5.41, 5.74) is 1.91. The fourth-order valence-corrected chi connectivity index (χ4v) is 5.29. The van der Waals surface area contributed by atoms with Crippen LogP contribution in [0.4, 0.5) is 5.69 Å². The first kappa shape index (κ1) is 17.7. The van der Waals surface area contributed by atoms with Gasteiger partial charge in [0, 0.05) is 37.0 Å². The zero-order valence-electron chi connectivity index (χ0n) is 14.9. The summed E-state index contributed by atoms with van der Waals surface area (Å²) in [5.74, 6) is -0.655. The first-order valence-corrected chi connectivity index (χ1v) is 10.6. The first-order chi connectivity index (χ1) is 12.8.